The third-order valence-electron chi connectivity index (χ3n) is 5.62. The maximum absolute atomic E-state index is 13.4. The van der Waals surface area contributed by atoms with Crippen LogP contribution in [-0.2, 0) is 20.1 Å². The molecule has 9 nitrogen and oxygen atoms in total. The molecule has 1 aromatic carbocycles. The van der Waals surface area contributed by atoms with Crippen molar-refractivity contribution >= 4 is 16.9 Å². The number of carbonyl (C=O) groups excluding carboxylic acids is 1. The van der Waals surface area contributed by atoms with E-state index in [-0.39, 0.29) is 35.5 Å². The molecule has 0 aliphatic carbocycles. The average Bonchev–Trinajstić information content (AvgIpc) is 3.11. The van der Waals surface area contributed by atoms with Gasteiger partial charge in [-0.15, -0.1) is 0 Å². The highest BCUT2D eigenvalue weighted by Gasteiger charge is 2.24. The Morgan fingerprint density at radius 1 is 1.22 bits per heavy atom. The van der Waals surface area contributed by atoms with Gasteiger partial charge in [-0.1, -0.05) is 42.0 Å². The van der Waals surface area contributed by atoms with Crippen LogP contribution in [0.25, 0.3) is 11.2 Å². The fraction of sp³-hybridized carbons (Fsp3) is 0.391. The van der Waals surface area contributed by atoms with Gasteiger partial charge < -0.3 is 10.1 Å². The number of ketones is 1. The lowest BCUT2D eigenvalue weighted by Gasteiger charge is -2.27. The third-order valence-corrected chi connectivity index (χ3v) is 5.62. The number of nitrogens with zero attached hydrogens (tertiary/aromatic N) is 4. The van der Waals surface area contributed by atoms with Crippen molar-refractivity contribution < 1.29 is 9.53 Å². The van der Waals surface area contributed by atoms with Crippen molar-refractivity contribution in [3.05, 3.63) is 68.4 Å². The molecular formula is C23H27N5O4. The number of imidazole rings is 1. The van der Waals surface area contributed by atoms with E-state index in [0.29, 0.717) is 18.7 Å². The quantitative estimate of drug-likeness (QED) is 0.423. The van der Waals surface area contributed by atoms with Crippen molar-refractivity contribution in [3.63, 3.8) is 0 Å². The predicted octanol–water partition coefficient (Wildman–Crippen LogP) is 1.49. The number of benzene rings is 1. The maximum Gasteiger partial charge on any atom is 0.332 e. The summed E-state index contributed by atoms with van der Waals surface area (Å²) in [6.45, 7) is 5.33. The summed E-state index contributed by atoms with van der Waals surface area (Å²) in [5, 5.41) is 3.26. The number of carbonyl (C=O) groups is 1. The summed E-state index contributed by atoms with van der Waals surface area (Å²) in [4.78, 5) is 43.5. The molecule has 32 heavy (non-hydrogen) atoms. The molecule has 1 atom stereocenters. The minimum absolute atomic E-state index is 0.238. The van der Waals surface area contributed by atoms with Gasteiger partial charge in [0.1, 0.15) is 6.61 Å². The standard InChI is InChI=1S/C23H27N5O4/c1-15(2)10-12-27-19-20(25-22(27)32-14-17-9-11-24-17)26(3)23(31)28(21(19)30)13-18(29)16-7-5-4-6-8-16/h4-8,10,17,24H,9,11-14H2,1-3H3/t17-/m1/s1. The topological polar surface area (TPSA) is 100 Å². The number of rotatable bonds is 8. The number of aromatic nitrogens is 4. The van der Waals surface area contributed by atoms with Crippen molar-refractivity contribution in [1.82, 2.24) is 24.0 Å². The molecule has 0 saturated carbocycles. The molecule has 3 heterocycles. The van der Waals surface area contributed by atoms with Gasteiger partial charge >= 0.3 is 5.69 Å². The highest BCUT2D eigenvalue weighted by molar-refractivity contribution is 5.95. The molecule has 1 aliphatic rings. The van der Waals surface area contributed by atoms with Gasteiger partial charge in [0.05, 0.1) is 6.54 Å². The molecular weight excluding hydrogens is 410 g/mol. The first-order valence-electron chi connectivity index (χ1n) is 10.6. The minimum atomic E-state index is -0.592. The largest absolute Gasteiger partial charge is 0.463 e. The fourth-order valence-corrected chi connectivity index (χ4v) is 3.57. The van der Waals surface area contributed by atoms with E-state index in [1.54, 1.807) is 41.9 Å². The average molecular weight is 438 g/mol. The molecule has 1 saturated heterocycles. The van der Waals surface area contributed by atoms with Gasteiger partial charge in [-0.3, -0.25) is 23.3 Å². The monoisotopic (exact) mass is 437 g/mol. The van der Waals surface area contributed by atoms with Gasteiger partial charge in [-0.05, 0) is 26.8 Å². The van der Waals surface area contributed by atoms with Crippen molar-refractivity contribution in [1.29, 1.82) is 0 Å². The number of hydrogen-bond donors (Lipinski definition) is 1. The number of hydrogen-bond acceptors (Lipinski definition) is 6. The molecule has 0 amide bonds. The predicted molar refractivity (Wildman–Crippen MR) is 121 cm³/mol. The Balaban J connectivity index is 1.81. The third kappa shape index (κ3) is 4.16. The lowest BCUT2D eigenvalue weighted by atomic mass is 10.1. The zero-order chi connectivity index (χ0) is 22.8. The Morgan fingerprint density at radius 3 is 2.56 bits per heavy atom. The zero-order valence-electron chi connectivity index (χ0n) is 18.5. The first-order chi connectivity index (χ1) is 15.4. The Kier molecular flexibility index (Phi) is 6.09. The van der Waals surface area contributed by atoms with Gasteiger partial charge in [0.25, 0.3) is 11.6 Å². The summed E-state index contributed by atoms with van der Waals surface area (Å²) < 4.78 is 9.86. The van der Waals surface area contributed by atoms with E-state index in [2.05, 4.69) is 10.3 Å². The molecule has 3 aromatic rings. The molecule has 2 aromatic heterocycles. The van der Waals surface area contributed by atoms with Crippen LogP contribution in [0.1, 0.15) is 30.6 Å². The number of allylic oxidation sites excluding steroid dienone is 2. The van der Waals surface area contributed by atoms with Crippen molar-refractivity contribution in [2.24, 2.45) is 7.05 Å². The lowest BCUT2D eigenvalue weighted by Crippen LogP contribution is -2.46. The van der Waals surface area contributed by atoms with E-state index in [4.69, 9.17) is 4.74 Å². The van der Waals surface area contributed by atoms with Gasteiger partial charge in [-0.25, -0.2) is 4.79 Å². The second-order valence-corrected chi connectivity index (χ2v) is 8.23. The zero-order valence-corrected chi connectivity index (χ0v) is 18.5. The molecule has 1 fully saturated rings. The van der Waals surface area contributed by atoms with Gasteiger partial charge in [0.15, 0.2) is 16.9 Å². The van der Waals surface area contributed by atoms with E-state index in [0.717, 1.165) is 23.1 Å². The van der Waals surface area contributed by atoms with E-state index < -0.39 is 11.2 Å². The highest BCUT2D eigenvalue weighted by Crippen LogP contribution is 2.19. The smallest absolute Gasteiger partial charge is 0.332 e. The van der Waals surface area contributed by atoms with Crippen LogP contribution in [0.4, 0.5) is 0 Å². The molecule has 0 unspecified atom stereocenters. The summed E-state index contributed by atoms with van der Waals surface area (Å²) >= 11 is 0. The first-order valence-corrected chi connectivity index (χ1v) is 10.6. The molecule has 9 heteroatoms. The van der Waals surface area contributed by atoms with Gasteiger partial charge in [-0.2, -0.15) is 4.98 Å². The normalized spacial score (nSPS) is 15.4. The SMILES string of the molecule is CC(C)=CCn1c(OC[C@H]2CCN2)nc2c1c(=O)n(CC(=O)c1ccccc1)c(=O)n2C. The molecule has 168 valence electrons. The first kappa shape index (κ1) is 21.8. The fourth-order valence-electron chi connectivity index (χ4n) is 3.57. The Labute approximate surface area is 185 Å². The van der Waals surface area contributed by atoms with Crippen molar-refractivity contribution in [3.8, 4) is 6.01 Å². The van der Waals surface area contributed by atoms with Crippen LogP contribution in [0.2, 0.25) is 0 Å². The van der Waals surface area contributed by atoms with Gasteiger partial charge in [0, 0.05) is 25.2 Å². The van der Waals surface area contributed by atoms with Crippen LogP contribution in [0.3, 0.4) is 0 Å². The summed E-state index contributed by atoms with van der Waals surface area (Å²) in [7, 11) is 1.54. The van der Waals surface area contributed by atoms with Crippen LogP contribution >= 0.6 is 0 Å². The molecule has 1 aliphatic heterocycles. The van der Waals surface area contributed by atoms with Crippen LogP contribution in [0.15, 0.2) is 51.6 Å². The maximum atomic E-state index is 13.4. The number of Topliss-reactive ketones (excluding diaryl/α,β-unsaturated/α-hetero) is 1. The molecule has 0 bridgehead atoms. The van der Waals surface area contributed by atoms with Crippen LogP contribution in [0.5, 0.6) is 6.01 Å². The van der Waals surface area contributed by atoms with E-state index in [1.807, 2.05) is 19.9 Å². The number of aryl methyl sites for hydroxylation is 1. The second-order valence-electron chi connectivity index (χ2n) is 8.23. The molecule has 0 radical (unpaired) electrons. The second kappa shape index (κ2) is 8.96. The Hall–Kier alpha value is -3.46. The highest BCUT2D eigenvalue weighted by atomic mass is 16.5. The number of ether oxygens (including phenoxy) is 1. The van der Waals surface area contributed by atoms with E-state index in [9.17, 15) is 14.4 Å². The van der Waals surface area contributed by atoms with Crippen LogP contribution in [-0.4, -0.2) is 43.7 Å². The molecule has 0 spiro atoms. The Bertz CT molecular complexity index is 1290. The summed E-state index contributed by atoms with van der Waals surface area (Å²) in [6.07, 6.45) is 2.97. The minimum Gasteiger partial charge on any atom is -0.463 e. The van der Waals surface area contributed by atoms with Crippen LogP contribution in [0, 0.1) is 0 Å². The lowest BCUT2D eigenvalue weighted by molar-refractivity contribution is 0.0969. The number of fused-ring (bicyclic) bond motifs is 1. The van der Waals surface area contributed by atoms with E-state index in [1.165, 1.54) is 4.57 Å². The summed E-state index contributed by atoms with van der Waals surface area (Å²) in [5.74, 6) is -0.313. The van der Waals surface area contributed by atoms with Crippen molar-refractivity contribution in [2.45, 2.75) is 39.4 Å². The molecule has 4 rings (SSSR count). The molecule has 1 N–H and O–H groups in total. The summed E-state index contributed by atoms with van der Waals surface area (Å²) in [5.41, 5.74) is 0.841. The Morgan fingerprint density at radius 2 is 1.94 bits per heavy atom. The number of nitrogens with one attached hydrogen (secondary N) is 1. The summed E-state index contributed by atoms with van der Waals surface area (Å²) in [6, 6.07) is 9.14. The van der Waals surface area contributed by atoms with E-state index >= 15 is 0 Å². The van der Waals surface area contributed by atoms with Gasteiger partial charge in [0.2, 0.25) is 0 Å². The van der Waals surface area contributed by atoms with Crippen LogP contribution < -0.4 is 21.3 Å². The van der Waals surface area contributed by atoms with Crippen molar-refractivity contribution in [2.75, 3.05) is 13.2 Å².